The van der Waals surface area contributed by atoms with Crippen molar-refractivity contribution in [2.45, 2.75) is 31.2 Å². The molecule has 1 aliphatic rings. The van der Waals surface area contributed by atoms with E-state index in [2.05, 4.69) is 5.32 Å². The van der Waals surface area contributed by atoms with E-state index in [1.54, 1.807) is 12.3 Å². The highest BCUT2D eigenvalue weighted by Gasteiger charge is 2.47. The van der Waals surface area contributed by atoms with Crippen LogP contribution in [0.2, 0.25) is 0 Å². The molecule has 4 nitrogen and oxygen atoms in total. The predicted molar refractivity (Wildman–Crippen MR) is 54.7 cm³/mol. The molecule has 0 aliphatic carbocycles. The average molecular weight is 209 g/mol. The molecule has 15 heavy (non-hydrogen) atoms. The van der Waals surface area contributed by atoms with Gasteiger partial charge in [0.1, 0.15) is 11.3 Å². The van der Waals surface area contributed by atoms with Gasteiger partial charge in [-0.1, -0.05) is 6.92 Å². The third-order valence-corrected chi connectivity index (χ3v) is 3.28. The highest BCUT2D eigenvalue weighted by molar-refractivity contribution is 5.80. The van der Waals surface area contributed by atoms with Gasteiger partial charge in [0.15, 0.2) is 0 Å². The van der Waals surface area contributed by atoms with Gasteiger partial charge in [0.05, 0.1) is 6.26 Å². The van der Waals surface area contributed by atoms with Crippen LogP contribution in [0.1, 0.15) is 31.4 Å². The van der Waals surface area contributed by atoms with E-state index in [0.29, 0.717) is 6.42 Å². The molecule has 0 aromatic carbocycles. The number of furan rings is 1. The van der Waals surface area contributed by atoms with Crippen LogP contribution in [0.4, 0.5) is 0 Å². The molecule has 2 N–H and O–H groups in total. The van der Waals surface area contributed by atoms with E-state index in [0.717, 1.165) is 18.7 Å². The minimum atomic E-state index is -0.849. The quantitative estimate of drug-likeness (QED) is 0.793. The average Bonchev–Trinajstić information content (AvgIpc) is 2.89. The lowest BCUT2D eigenvalue weighted by Gasteiger charge is -2.29. The second kappa shape index (κ2) is 3.70. The van der Waals surface area contributed by atoms with Crippen molar-refractivity contribution < 1.29 is 14.3 Å². The molecule has 1 aromatic rings. The second-order valence-corrected chi connectivity index (χ2v) is 4.04. The number of hydrogen-bond donors (Lipinski definition) is 2. The van der Waals surface area contributed by atoms with Gasteiger partial charge in [-0.2, -0.15) is 0 Å². The maximum Gasteiger partial charge on any atom is 0.324 e. The zero-order valence-electron chi connectivity index (χ0n) is 8.69. The summed E-state index contributed by atoms with van der Waals surface area (Å²) in [7, 11) is 0. The maximum absolute atomic E-state index is 11.4. The summed E-state index contributed by atoms with van der Waals surface area (Å²) in [6.07, 6.45) is 3.14. The molecule has 0 bridgehead atoms. The molecule has 2 atom stereocenters. The largest absolute Gasteiger partial charge is 0.480 e. The van der Waals surface area contributed by atoms with E-state index < -0.39 is 11.5 Å². The zero-order valence-corrected chi connectivity index (χ0v) is 8.69. The van der Waals surface area contributed by atoms with Crippen molar-refractivity contribution in [2.75, 3.05) is 6.54 Å². The van der Waals surface area contributed by atoms with Gasteiger partial charge < -0.3 is 14.8 Å². The molecule has 0 spiro atoms. The van der Waals surface area contributed by atoms with Crippen LogP contribution < -0.4 is 5.32 Å². The SMILES string of the molecule is CC(c1ccco1)[C@@]1(C(=O)O)CCCN1. The summed E-state index contributed by atoms with van der Waals surface area (Å²) in [5.74, 6) is -0.205. The Hall–Kier alpha value is -1.29. The Bertz CT molecular complexity index is 339. The predicted octanol–water partition coefficient (Wildman–Crippen LogP) is 1.59. The molecule has 0 radical (unpaired) electrons. The van der Waals surface area contributed by atoms with Crippen LogP contribution in [0, 0.1) is 0 Å². The van der Waals surface area contributed by atoms with E-state index in [9.17, 15) is 9.90 Å². The summed E-state index contributed by atoms with van der Waals surface area (Å²) in [5.41, 5.74) is -0.849. The van der Waals surface area contributed by atoms with Crippen LogP contribution in [0.15, 0.2) is 22.8 Å². The lowest BCUT2D eigenvalue weighted by Crippen LogP contribution is -2.51. The monoisotopic (exact) mass is 209 g/mol. The number of carbonyl (C=O) groups is 1. The third-order valence-electron chi connectivity index (χ3n) is 3.28. The fourth-order valence-electron chi connectivity index (χ4n) is 2.28. The summed E-state index contributed by atoms with van der Waals surface area (Å²) < 4.78 is 5.28. The Labute approximate surface area is 88.3 Å². The molecule has 1 unspecified atom stereocenters. The maximum atomic E-state index is 11.4. The molecule has 1 fully saturated rings. The zero-order chi connectivity index (χ0) is 10.9. The lowest BCUT2D eigenvalue weighted by molar-refractivity contribution is -0.145. The number of carboxylic acids is 1. The Morgan fingerprint density at radius 2 is 2.53 bits per heavy atom. The van der Waals surface area contributed by atoms with Crippen LogP contribution in [-0.2, 0) is 4.79 Å². The first-order valence-electron chi connectivity index (χ1n) is 5.18. The first kappa shape index (κ1) is 10.2. The van der Waals surface area contributed by atoms with Gasteiger partial charge in [-0.15, -0.1) is 0 Å². The normalized spacial score (nSPS) is 27.8. The van der Waals surface area contributed by atoms with Crippen LogP contribution in [-0.4, -0.2) is 23.2 Å². The number of aliphatic carboxylic acids is 1. The van der Waals surface area contributed by atoms with Crippen LogP contribution in [0.25, 0.3) is 0 Å². The van der Waals surface area contributed by atoms with E-state index in [-0.39, 0.29) is 5.92 Å². The van der Waals surface area contributed by atoms with Crippen molar-refractivity contribution in [3.63, 3.8) is 0 Å². The van der Waals surface area contributed by atoms with E-state index >= 15 is 0 Å². The molecule has 0 amide bonds. The van der Waals surface area contributed by atoms with Crippen LogP contribution in [0.5, 0.6) is 0 Å². The summed E-state index contributed by atoms with van der Waals surface area (Å²) in [4.78, 5) is 11.4. The second-order valence-electron chi connectivity index (χ2n) is 4.04. The molecule has 0 saturated carbocycles. The molecular weight excluding hydrogens is 194 g/mol. The first-order chi connectivity index (χ1) is 7.17. The first-order valence-corrected chi connectivity index (χ1v) is 5.18. The van der Waals surface area contributed by atoms with Gasteiger partial charge in [0.25, 0.3) is 0 Å². The Balaban J connectivity index is 2.29. The van der Waals surface area contributed by atoms with Crippen molar-refractivity contribution in [1.29, 1.82) is 0 Å². The molecule has 2 heterocycles. The van der Waals surface area contributed by atoms with E-state index in [1.807, 2.05) is 13.0 Å². The minimum absolute atomic E-state index is 0.146. The van der Waals surface area contributed by atoms with Crippen molar-refractivity contribution in [3.8, 4) is 0 Å². The fourth-order valence-corrected chi connectivity index (χ4v) is 2.28. The third kappa shape index (κ3) is 1.55. The summed E-state index contributed by atoms with van der Waals surface area (Å²) in [6.45, 7) is 2.66. The van der Waals surface area contributed by atoms with E-state index in [4.69, 9.17) is 4.42 Å². The van der Waals surface area contributed by atoms with Gasteiger partial charge in [0, 0.05) is 5.92 Å². The van der Waals surface area contributed by atoms with E-state index in [1.165, 1.54) is 0 Å². The van der Waals surface area contributed by atoms with Crippen LogP contribution in [0.3, 0.4) is 0 Å². The molecule has 4 heteroatoms. The van der Waals surface area contributed by atoms with Crippen molar-refractivity contribution in [2.24, 2.45) is 0 Å². The molecule has 1 aromatic heterocycles. The number of carboxylic acid groups (broad SMARTS) is 1. The highest BCUT2D eigenvalue weighted by atomic mass is 16.4. The molecule has 1 aliphatic heterocycles. The van der Waals surface area contributed by atoms with Crippen molar-refractivity contribution >= 4 is 5.97 Å². The number of nitrogens with one attached hydrogen (secondary N) is 1. The Morgan fingerprint density at radius 3 is 3.00 bits per heavy atom. The summed E-state index contributed by atoms with van der Waals surface area (Å²) in [5, 5.41) is 12.4. The Morgan fingerprint density at radius 1 is 1.73 bits per heavy atom. The topological polar surface area (TPSA) is 62.5 Å². The van der Waals surface area contributed by atoms with Gasteiger partial charge >= 0.3 is 5.97 Å². The fraction of sp³-hybridized carbons (Fsp3) is 0.545. The Kier molecular flexibility index (Phi) is 2.52. The summed E-state index contributed by atoms with van der Waals surface area (Å²) in [6, 6.07) is 3.62. The molecular formula is C11H15NO3. The van der Waals surface area contributed by atoms with Crippen LogP contribution >= 0.6 is 0 Å². The molecule has 2 rings (SSSR count). The van der Waals surface area contributed by atoms with Gasteiger partial charge in [-0.05, 0) is 31.5 Å². The standard InChI is InChI=1S/C11H15NO3/c1-8(9-4-2-7-15-9)11(10(13)14)5-3-6-12-11/h2,4,7-8,12H,3,5-6H2,1H3,(H,13,14)/t8?,11-/m1/s1. The van der Waals surface area contributed by atoms with Gasteiger partial charge in [0.2, 0.25) is 0 Å². The summed E-state index contributed by atoms with van der Waals surface area (Å²) >= 11 is 0. The highest BCUT2D eigenvalue weighted by Crippen LogP contribution is 2.35. The molecule has 1 saturated heterocycles. The van der Waals surface area contributed by atoms with Crippen molar-refractivity contribution in [1.82, 2.24) is 5.32 Å². The van der Waals surface area contributed by atoms with Gasteiger partial charge in [-0.25, -0.2) is 0 Å². The van der Waals surface area contributed by atoms with Gasteiger partial charge in [-0.3, -0.25) is 4.79 Å². The smallest absolute Gasteiger partial charge is 0.324 e. The molecule has 82 valence electrons. The lowest BCUT2D eigenvalue weighted by atomic mass is 9.82. The number of rotatable bonds is 3. The number of hydrogen-bond acceptors (Lipinski definition) is 3. The minimum Gasteiger partial charge on any atom is -0.480 e. The van der Waals surface area contributed by atoms with Crippen molar-refractivity contribution in [3.05, 3.63) is 24.2 Å².